The highest BCUT2D eigenvalue weighted by Crippen LogP contribution is 2.45. The van der Waals surface area contributed by atoms with Crippen LogP contribution >= 0.6 is 0 Å². The molecule has 0 bridgehead atoms. The van der Waals surface area contributed by atoms with Gasteiger partial charge in [0.15, 0.2) is 0 Å². The lowest BCUT2D eigenvalue weighted by Crippen LogP contribution is -2.61. The lowest BCUT2D eigenvalue weighted by molar-refractivity contribution is 1.23. The quantitative estimate of drug-likeness (QED) is 0.290. The molecule has 0 aliphatic carbocycles. The van der Waals surface area contributed by atoms with Crippen molar-refractivity contribution >= 4 is 57.2 Å². The van der Waals surface area contributed by atoms with Gasteiger partial charge in [-0.1, -0.05) is 60.7 Å². The number of aryl methyl sites for hydroxylation is 1. The fourth-order valence-corrected chi connectivity index (χ4v) is 6.10. The summed E-state index contributed by atoms with van der Waals surface area (Å²) < 4.78 is 0. The highest BCUT2D eigenvalue weighted by atomic mass is 15.2. The van der Waals surface area contributed by atoms with E-state index in [9.17, 15) is 10.5 Å². The molecular formula is C33H21BN4. The minimum absolute atomic E-state index is 0.118. The number of fused-ring (bicyclic) bond motifs is 4. The molecule has 2 heterocycles. The van der Waals surface area contributed by atoms with Crippen molar-refractivity contribution in [3.05, 3.63) is 126 Å². The van der Waals surface area contributed by atoms with Gasteiger partial charge in [-0.2, -0.15) is 10.5 Å². The summed E-state index contributed by atoms with van der Waals surface area (Å²) in [5.74, 6) is 0. The van der Waals surface area contributed by atoms with Crippen LogP contribution in [0.25, 0.3) is 0 Å². The van der Waals surface area contributed by atoms with Gasteiger partial charge in [-0.05, 0) is 77.4 Å². The first-order valence-electron chi connectivity index (χ1n) is 12.6. The molecule has 0 saturated heterocycles. The van der Waals surface area contributed by atoms with Gasteiger partial charge in [-0.15, -0.1) is 0 Å². The summed E-state index contributed by atoms with van der Waals surface area (Å²) in [5, 5.41) is 20.5. The van der Waals surface area contributed by atoms with E-state index in [0.717, 1.165) is 50.6 Å². The highest BCUT2D eigenvalue weighted by Gasteiger charge is 2.44. The van der Waals surface area contributed by atoms with E-state index in [1.165, 1.54) is 5.46 Å². The first kappa shape index (κ1) is 22.0. The lowest BCUT2D eigenvalue weighted by atomic mass is 9.33. The van der Waals surface area contributed by atoms with E-state index in [0.29, 0.717) is 11.1 Å². The summed E-state index contributed by atoms with van der Waals surface area (Å²) >= 11 is 0. The third kappa shape index (κ3) is 3.03. The Kier molecular flexibility index (Phi) is 4.86. The summed E-state index contributed by atoms with van der Waals surface area (Å²) in [6.45, 7) is 1.99. The first-order chi connectivity index (χ1) is 18.7. The van der Waals surface area contributed by atoms with E-state index in [-0.39, 0.29) is 6.71 Å². The van der Waals surface area contributed by atoms with Gasteiger partial charge in [0.2, 0.25) is 0 Å². The third-order valence-electron chi connectivity index (χ3n) is 7.52. The molecule has 0 aromatic heterocycles. The van der Waals surface area contributed by atoms with Crippen LogP contribution < -0.4 is 26.2 Å². The van der Waals surface area contributed by atoms with Crippen LogP contribution in [0.3, 0.4) is 0 Å². The molecule has 0 amide bonds. The topological polar surface area (TPSA) is 54.1 Å². The third-order valence-corrected chi connectivity index (χ3v) is 7.52. The number of nitriles is 2. The minimum Gasteiger partial charge on any atom is -0.310 e. The van der Waals surface area contributed by atoms with Crippen molar-refractivity contribution < 1.29 is 0 Å². The molecule has 176 valence electrons. The highest BCUT2D eigenvalue weighted by molar-refractivity contribution is 7.00. The Bertz CT molecular complexity index is 1690. The summed E-state index contributed by atoms with van der Waals surface area (Å²) in [7, 11) is 0. The Morgan fingerprint density at radius 2 is 1.03 bits per heavy atom. The Balaban J connectivity index is 1.66. The van der Waals surface area contributed by atoms with Crippen molar-refractivity contribution in [1.29, 1.82) is 10.5 Å². The summed E-state index contributed by atoms with van der Waals surface area (Å²) in [4.78, 5) is 4.47. The van der Waals surface area contributed by atoms with Gasteiger partial charge in [0.25, 0.3) is 6.71 Å². The van der Waals surface area contributed by atoms with Gasteiger partial charge in [-0.3, -0.25) is 0 Å². The first-order valence-corrected chi connectivity index (χ1v) is 12.6. The van der Waals surface area contributed by atoms with Crippen molar-refractivity contribution in [2.45, 2.75) is 6.92 Å². The minimum atomic E-state index is -0.118. The number of nitrogens with zero attached hydrogens (tertiary/aromatic N) is 4. The molecule has 5 aromatic rings. The largest absolute Gasteiger partial charge is 0.310 e. The number of rotatable bonds is 2. The molecular weight excluding hydrogens is 463 g/mol. The van der Waals surface area contributed by atoms with Gasteiger partial charge < -0.3 is 9.80 Å². The van der Waals surface area contributed by atoms with Crippen molar-refractivity contribution in [2.24, 2.45) is 0 Å². The van der Waals surface area contributed by atoms with Crippen LogP contribution in [0.15, 0.2) is 109 Å². The maximum atomic E-state index is 10.2. The number of hydrogen-bond donors (Lipinski definition) is 0. The Morgan fingerprint density at radius 1 is 0.579 bits per heavy atom. The van der Waals surface area contributed by atoms with E-state index in [1.54, 1.807) is 0 Å². The van der Waals surface area contributed by atoms with Crippen LogP contribution in [0.1, 0.15) is 16.7 Å². The molecule has 38 heavy (non-hydrogen) atoms. The van der Waals surface area contributed by atoms with E-state index in [4.69, 9.17) is 0 Å². The van der Waals surface area contributed by atoms with Gasteiger partial charge in [-0.25, -0.2) is 0 Å². The van der Waals surface area contributed by atoms with Crippen molar-refractivity contribution in [3.8, 4) is 12.1 Å². The van der Waals surface area contributed by atoms with Gasteiger partial charge in [0.05, 0.1) is 22.5 Å². The average Bonchev–Trinajstić information content (AvgIpc) is 2.97. The molecule has 5 heteroatoms. The molecule has 5 aromatic carbocycles. The van der Waals surface area contributed by atoms with Crippen molar-refractivity contribution in [1.82, 2.24) is 0 Å². The zero-order chi connectivity index (χ0) is 25.8. The molecule has 0 spiro atoms. The summed E-state index contributed by atoms with van der Waals surface area (Å²) in [6, 6.07) is 41.8. The predicted octanol–water partition coefficient (Wildman–Crippen LogP) is 5.82. The second kappa shape index (κ2) is 8.41. The summed E-state index contributed by atoms with van der Waals surface area (Å²) in [5.41, 5.74) is 11.6. The molecule has 0 atom stereocenters. The number of para-hydroxylation sites is 4. The van der Waals surface area contributed by atoms with Crippen LogP contribution in [0.2, 0.25) is 0 Å². The van der Waals surface area contributed by atoms with Crippen LogP contribution in [0.5, 0.6) is 0 Å². The second-order valence-electron chi connectivity index (χ2n) is 9.70. The fraction of sp³-hybridized carbons (Fsp3) is 0.0303. The molecule has 2 aliphatic heterocycles. The maximum Gasteiger partial charge on any atom is 0.252 e. The number of hydrogen-bond acceptors (Lipinski definition) is 4. The lowest BCUT2D eigenvalue weighted by Gasteiger charge is -2.44. The standard InChI is InChI=1S/C33H21BN4/c1-22-18-29-31-30(19-22)38(26-14-6-3-7-15-26)33-24(21-36)11-9-17-28(33)34(31)27-16-8-10-23(20-35)32(27)37(29)25-12-4-2-5-13-25/h2-19H,1H3. The monoisotopic (exact) mass is 484 g/mol. The van der Waals surface area contributed by atoms with Crippen LogP contribution in [-0.2, 0) is 0 Å². The SMILES string of the molecule is Cc1cc2c3c(c1)N(c1ccccc1)c1c(C#N)cccc1B3c1cccc(C#N)c1N2c1ccccc1. The van der Waals surface area contributed by atoms with Crippen molar-refractivity contribution in [3.63, 3.8) is 0 Å². The molecule has 0 fully saturated rings. The number of benzene rings is 5. The molecule has 4 nitrogen and oxygen atoms in total. The fourth-order valence-electron chi connectivity index (χ4n) is 6.10. The zero-order valence-corrected chi connectivity index (χ0v) is 20.8. The van der Waals surface area contributed by atoms with E-state index >= 15 is 0 Å². The van der Waals surface area contributed by atoms with Gasteiger partial charge >= 0.3 is 0 Å². The smallest absolute Gasteiger partial charge is 0.252 e. The van der Waals surface area contributed by atoms with E-state index in [2.05, 4.69) is 77.4 Å². The van der Waals surface area contributed by atoms with Crippen LogP contribution in [0.4, 0.5) is 34.1 Å². The van der Waals surface area contributed by atoms with Gasteiger partial charge in [0, 0.05) is 22.7 Å². The van der Waals surface area contributed by atoms with E-state index < -0.39 is 0 Å². The maximum absolute atomic E-state index is 10.2. The molecule has 7 rings (SSSR count). The molecule has 0 N–H and O–H groups in total. The predicted molar refractivity (Wildman–Crippen MR) is 155 cm³/mol. The zero-order valence-electron chi connectivity index (χ0n) is 20.8. The normalized spacial score (nSPS) is 12.7. The van der Waals surface area contributed by atoms with E-state index in [1.807, 2.05) is 60.7 Å². The molecule has 0 saturated carbocycles. The van der Waals surface area contributed by atoms with Crippen molar-refractivity contribution in [2.75, 3.05) is 9.80 Å². The Morgan fingerprint density at radius 3 is 1.45 bits per heavy atom. The van der Waals surface area contributed by atoms with Crippen LogP contribution in [0, 0.1) is 29.6 Å². The second-order valence-corrected chi connectivity index (χ2v) is 9.70. The molecule has 0 radical (unpaired) electrons. The van der Waals surface area contributed by atoms with Crippen LogP contribution in [-0.4, -0.2) is 6.71 Å². The summed E-state index contributed by atoms with van der Waals surface area (Å²) in [6.07, 6.45) is 0. The average molecular weight is 484 g/mol. The molecule has 2 aliphatic rings. The Hall–Kier alpha value is -5.26. The van der Waals surface area contributed by atoms with Gasteiger partial charge in [0.1, 0.15) is 12.1 Å². The number of anilines is 6. The Labute approximate surface area is 222 Å². The molecule has 0 unspecified atom stereocenters.